The van der Waals surface area contributed by atoms with Crippen LogP contribution in [0.25, 0.3) is 17.3 Å². The molecule has 0 aliphatic heterocycles. The van der Waals surface area contributed by atoms with Crippen molar-refractivity contribution < 1.29 is 22.3 Å². The predicted molar refractivity (Wildman–Crippen MR) is 122 cm³/mol. The van der Waals surface area contributed by atoms with Crippen molar-refractivity contribution in [3.63, 3.8) is 0 Å². The van der Waals surface area contributed by atoms with E-state index in [2.05, 4.69) is 15.2 Å². The molecular formula is C23H21N5O5S. The number of rotatable bonds is 9. The maximum Gasteiger partial charge on any atom is 0.204 e. The van der Waals surface area contributed by atoms with Crippen molar-refractivity contribution in [1.82, 2.24) is 19.7 Å². The average Bonchev–Trinajstić information content (AvgIpc) is 3.52. The Hall–Kier alpha value is -4.17. The Morgan fingerprint density at radius 2 is 1.82 bits per heavy atom. The molecular weight excluding hydrogens is 458 g/mol. The number of para-hydroxylation sites is 1. The molecule has 1 aromatic carbocycles. The van der Waals surface area contributed by atoms with Crippen molar-refractivity contribution in [3.8, 4) is 34.8 Å². The number of nitriles is 1. The lowest BCUT2D eigenvalue weighted by molar-refractivity contribution is 0.390. The molecule has 0 spiro atoms. The van der Waals surface area contributed by atoms with Gasteiger partial charge < -0.3 is 13.9 Å². The standard InChI is InChI=1S/C23H21N5O5S/c1-31-18-5-3-6-19(32-2)22(18)28-21(26-27-23(28)20-7-4-11-33-20)15-34(29,30)12-10-17-9-8-16(13-24)14-25-17/h3-9,11,14H,10,12,15H2,1-2H3. The van der Waals surface area contributed by atoms with Gasteiger partial charge in [-0.25, -0.2) is 8.42 Å². The SMILES string of the molecule is COc1cccc(OC)c1-n1c(CS(=O)(=O)CCc2ccc(C#N)cn2)nnc1-c1ccco1. The van der Waals surface area contributed by atoms with Crippen LogP contribution in [0.1, 0.15) is 17.1 Å². The summed E-state index contributed by atoms with van der Waals surface area (Å²) in [7, 11) is -0.594. The van der Waals surface area contributed by atoms with Gasteiger partial charge in [0.2, 0.25) is 5.82 Å². The second-order valence-electron chi connectivity index (χ2n) is 7.26. The van der Waals surface area contributed by atoms with Crippen LogP contribution in [0.3, 0.4) is 0 Å². The van der Waals surface area contributed by atoms with Gasteiger partial charge in [-0.2, -0.15) is 5.26 Å². The Morgan fingerprint density at radius 3 is 2.41 bits per heavy atom. The van der Waals surface area contributed by atoms with E-state index in [1.807, 2.05) is 6.07 Å². The van der Waals surface area contributed by atoms with Crippen LogP contribution in [-0.4, -0.2) is 48.1 Å². The van der Waals surface area contributed by atoms with Gasteiger partial charge in [0.05, 0.1) is 31.8 Å². The van der Waals surface area contributed by atoms with Crippen molar-refractivity contribution in [2.45, 2.75) is 12.2 Å². The zero-order valence-electron chi connectivity index (χ0n) is 18.5. The number of aromatic nitrogens is 4. The van der Waals surface area contributed by atoms with Gasteiger partial charge in [-0.1, -0.05) is 6.07 Å². The summed E-state index contributed by atoms with van der Waals surface area (Å²) in [6.07, 6.45) is 3.11. The number of hydrogen-bond acceptors (Lipinski definition) is 9. The fourth-order valence-electron chi connectivity index (χ4n) is 3.43. The van der Waals surface area contributed by atoms with Crippen molar-refractivity contribution in [2.24, 2.45) is 0 Å². The molecule has 0 amide bonds. The molecule has 0 atom stereocenters. The van der Waals surface area contributed by atoms with Crippen LogP contribution in [0, 0.1) is 11.3 Å². The summed E-state index contributed by atoms with van der Waals surface area (Å²) in [6, 6.07) is 13.9. The molecule has 0 saturated carbocycles. The summed E-state index contributed by atoms with van der Waals surface area (Å²) in [5.41, 5.74) is 1.45. The normalized spacial score (nSPS) is 11.2. The van der Waals surface area contributed by atoms with Gasteiger partial charge in [0, 0.05) is 18.3 Å². The summed E-state index contributed by atoms with van der Waals surface area (Å²) in [4.78, 5) is 4.14. The van der Waals surface area contributed by atoms with Crippen molar-refractivity contribution in [1.29, 1.82) is 5.26 Å². The van der Waals surface area contributed by atoms with E-state index in [0.29, 0.717) is 40.0 Å². The topological polar surface area (TPSA) is 133 Å². The van der Waals surface area contributed by atoms with Crippen LogP contribution in [0.15, 0.2) is 59.3 Å². The minimum absolute atomic E-state index is 0.155. The molecule has 0 fully saturated rings. The summed E-state index contributed by atoms with van der Waals surface area (Å²) in [5.74, 6) is 1.27. The third kappa shape index (κ3) is 4.77. The van der Waals surface area contributed by atoms with Gasteiger partial charge >= 0.3 is 0 Å². The summed E-state index contributed by atoms with van der Waals surface area (Å²) in [6.45, 7) is 0. The number of aryl methyl sites for hydroxylation is 1. The lowest BCUT2D eigenvalue weighted by Gasteiger charge is -2.16. The van der Waals surface area contributed by atoms with E-state index in [1.165, 1.54) is 26.7 Å². The zero-order chi connectivity index (χ0) is 24.1. The number of pyridine rings is 1. The second kappa shape index (κ2) is 9.76. The van der Waals surface area contributed by atoms with Crippen LogP contribution >= 0.6 is 0 Å². The van der Waals surface area contributed by atoms with Crippen LogP contribution in [0.4, 0.5) is 0 Å². The van der Waals surface area contributed by atoms with Crippen molar-refractivity contribution in [3.05, 3.63) is 72.0 Å². The Bertz CT molecular complexity index is 1400. The number of methoxy groups -OCH3 is 2. The Balaban J connectivity index is 1.71. The largest absolute Gasteiger partial charge is 0.494 e. The van der Waals surface area contributed by atoms with Gasteiger partial charge in [-0.3, -0.25) is 9.55 Å². The molecule has 3 aromatic heterocycles. The number of nitrogens with zero attached hydrogens (tertiary/aromatic N) is 5. The highest BCUT2D eigenvalue weighted by molar-refractivity contribution is 7.90. The van der Waals surface area contributed by atoms with E-state index in [4.69, 9.17) is 19.2 Å². The lowest BCUT2D eigenvalue weighted by Crippen LogP contribution is -2.16. The highest BCUT2D eigenvalue weighted by Crippen LogP contribution is 2.36. The fourth-order valence-corrected chi connectivity index (χ4v) is 4.67. The molecule has 4 aromatic rings. The monoisotopic (exact) mass is 479 g/mol. The van der Waals surface area contributed by atoms with E-state index in [9.17, 15) is 8.42 Å². The number of hydrogen-bond donors (Lipinski definition) is 0. The highest BCUT2D eigenvalue weighted by Gasteiger charge is 2.26. The van der Waals surface area contributed by atoms with Crippen LogP contribution in [-0.2, 0) is 22.0 Å². The van der Waals surface area contributed by atoms with E-state index < -0.39 is 9.84 Å². The van der Waals surface area contributed by atoms with Gasteiger partial charge in [0.15, 0.2) is 21.4 Å². The van der Waals surface area contributed by atoms with Crippen LogP contribution in [0.2, 0.25) is 0 Å². The second-order valence-corrected chi connectivity index (χ2v) is 9.44. The van der Waals surface area contributed by atoms with Crippen molar-refractivity contribution in [2.75, 3.05) is 20.0 Å². The fraction of sp³-hybridized carbons (Fsp3) is 0.217. The molecule has 0 saturated heterocycles. The third-order valence-electron chi connectivity index (χ3n) is 5.07. The molecule has 10 nitrogen and oxygen atoms in total. The lowest BCUT2D eigenvalue weighted by atomic mass is 10.2. The molecule has 4 rings (SSSR count). The number of benzene rings is 1. The third-order valence-corrected chi connectivity index (χ3v) is 6.59. The molecule has 0 radical (unpaired) electrons. The molecule has 0 N–H and O–H groups in total. The minimum Gasteiger partial charge on any atom is -0.494 e. The maximum absolute atomic E-state index is 13.0. The van der Waals surface area contributed by atoms with Gasteiger partial charge in [-0.15, -0.1) is 10.2 Å². The van der Waals surface area contributed by atoms with E-state index in [0.717, 1.165) is 0 Å². The Morgan fingerprint density at radius 1 is 1.06 bits per heavy atom. The molecule has 0 bridgehead atoms. The minimum atomic E-state index is -3.61. The first-order valence-corrected chi connectivity index (χ1v) is 12.0. The zero-order valence-corrected chi connectivity index (χ0v) is 19.3. The predicted octanol–water partition coefficient (Wildman–Crippen LogP) is 2.97. The van der Waals surface area contributed by atoms with Gasteiger partial charge in [0.1, 0.15) is 29.0 Å². The molecule has 174 valence electrons. The highest BCUT2D eigenvalue weighted by atomic mass is 32.2. The molecule has 0 aliphatic carbocycles. The van der Waals surface area contributed by atoms with Crippen LogP contribution < -0.4 is 9.47 Å². The van der Waals surface area contributed by atoms with E-state index >= 15 is 0 Å². The first-order valence-electron chi connectivity index (χ1n) is 10.2. The molecule has 34 heavy (non-hydrogen) atoms. The molecule has 0 unspecified atom stereocenters. The first-order chi connectivity index (χ1) is 16.5. The number of ether oxygens (including phenoxy) is 2. The van der Waals surface area contributed by atoms with Crippen LogP contribution in [0.5, 0.6) is 11.5 Å². The Labute approximate surface area is 196 Å². The van der Waals surface area contributed by atoms with Crippen molar-refractivity contribution >= 4 is 9.84 Å². The summed E-state index contributed by atoms with van der Waals surface area (Å²) in [5, 5.41) is 17.3. The number of sulfone groups is 1. The van der Waals surface area contributed by atoms with E-state index in [1.54, 1.807) is 47.0 Å². The van der Waals surface area contributed by atoms with Gasteiger partial charge in [-0.05, 0) is 36.4 Å². The molecule has 11 heteroatoms. The average molecular weight is 480 g/mol. The number of furan rings is 1. The first kappa shape index (κ1) is 23.0. The quantitative estimate of drug-likeness (QED) is 0.355. The summed E-state index contributed by atoms with van der Waals surface area (Å²) >= 11 is 0. The maximum atomic E-state index is 13.0. The van der Waals surface area contributed by atoms with Gasteiger partial charge in [0.25, 0.3) is 0 Å². The molecule has 0 aliphatic rings. The van der Waals surface area contributed by atoms with E-state index in [-0.39, 0.29) is 23.8 Å². The Kier molecular flexibility index (Phi) is 6.60. The summed E-state index contributed by atoms with van der Waals surface area (Å²) < 4.78 is 44.2. The smallest absolute Gasteiger partial charge is 0.204 e. The molecule has 3 heterocycles.